The van der Waals surface area contributed by atoms with E-state index in [1.807, 2.05) is 37.3 Å². The van der Waals surface area contributed by atoms with Crippen molar-refractivity contribution in [1.29, 1.82) is 0 Å². The lowest BCUT2D eigenvalue weighted by atomic mass is 9.58. The summed E-state index contributed by atoms with van der Waals surface area (Å²) in [5.41, 5.74) is 0.933. The number of hydrogen-bond acceptors (Lipinski definition) is 4. The number of nitrogens with zero attached hydrogens (tertiary/aromatic N) is 1. The molecule has 1 aromatic rings. The molecule has 1 aromatic carbocycles. The molecule has 1 aliphatic carbocycles. The van der Waals surface area contributed by atoms with Gasteiger partial charge in [-0.05, 0) is 38.4 Å². The van der Waals surface area contributed by atoms with Crippen LogP contribution < -0.4 is 0 Å². The van der Waals surface area contributed by atoms with Gasteiger partial charge in [-0.3, -0.25) is 0 Å². The molecule has 0 unspecified atom stereocenters. The lowest BCUT2D eigenvalue weighted by Crippen LogP contribution is -2.62. The van der Waals surface area contributed by atoms with Crippen LogP contribution in [0.3, 0.4) is 0 Å². The molecule has 22 heavy (non-hydrogen) atoms. The summed E-state index contributed by atoms with van der Waals surface area (Å²) in [5.74, 6) is 0. The van der Waals surface area contributed by atoms with Crippen LogP contribution in [0.1, 0.15) is 37.9 Å². The molecule has 1 saturated carbocycles. The zero-order valence-corrected chi connectivity index (χ0v) is 13.3. The first-order valence-corrected chi connectivity index (χ1v) is 8.41. The summed E-state index contributed by atoms with van der Waals surface area (Å²) in [5, 5.41) is 20.6. The number of benzene rings is 1. The van der Waals surface area contributed by atoms with Gasteiger partial charge in [0.2, 0.25) is 0 Å². The van der Waals surface area contributed by atoms with Crippen LogP contribution in [0.2, 0.25) is 0 Å². The van der Waals surface area contributed by atoms with E-state index in [-0.39, 0.29) is 17.6 Å². The van der Waals surface area contributed by atoms with Crippen LogP contribution >= 0.6 is 0 Å². The third kappa shape index (κ3) is 2.93. The van der Waals surface area contributed by atoms with Gasteiger partial charge >= 0.3 is 0 Å². The molecular formula is C18H27NO3. The van der Waals surface area contributed by atoms with Crippen LogP contribution in [0.25, 0.3) is 0 Å². The summed E-state index contributed by atoms with van der Waals surface area (Å²) in [7, 11) is 0. The number of aliphatic hydroxyl groups excluding tert-OH is 2. The maximum Gasteiger partial charge on any atom is 0.0916 e. The van der Waals surface area contributed by atoms with Crippen molar-refractivity contribution in [2.75, 3.05) is 26.2 Å². The SMILES string of the molecule is CCO[C@@H]1C[C@@H](O)C12CCN(C[C@@H](O)c1ccccc1)CC2. The van der Waals surface area contributed by atoms with Crippen molar-refractivity contribution >= 4 is 0 Å². The lowest BCUT2D eigenvalue weighted by Gasteiger charge is -2.56. The van der Waals surface area contributed by atoms with Gasteiger partial charge in [-0.15, -0.1) is 0 Å². The van der Waals surface area contributed by atoms with Crippen LogP contribution in [0.15, 0.2) is 30.3 Å². The van der Waals surface area contributed by atoms with Crippen molar-refractivity contribution in [3.8, 4) is 0 Å². The number of β-amino-alcohol motifs (C(OH)–C–C–N with tert-alkyl or cyclic N) is 1. The third-order valence-electron chi connectivity index (χ3n) is 5.51. The molecule has 1 saturated heterocycles. The fourth-order valence-corrected chi connectivity index (χ4v) is 3.99. The average Bonchev–Trinajstić information content (AvgIpc) is 2.56. The Hall–Kier alpha value is -0.940. The van der Waals surface area contributed by atoms with Crippen LogP contribution in [-0.2, 0) is 4.74 Å². The predicted molar refractivity (Wildman–Crippen MR) is 85.5 cm³/mol. The molecule has 3 rings (SSSR count). The molecule has 122 valence electrons. The Morgan fingerprint density at radius 3 is 2.55 bits per heavy atom. The number of hydrogen-bond donors (Lipinski definition) is 2. The topological polar surface area (TPSA) is 52.9 Å². The summed E-state index contributed by atoms with van der Waals surface area (Å²) in [6.07, 6.45) is 2.25. The summed E-state index contributed by atoms with van der Waals surface area (Å²) < 4.78 is 5.80. The molecular weight excluding hydrogens is 278 g/mol. The summed E-state index contributed by atoms with van der Waals surface area (Å²) >= 11 is 0. The molecule has 1 aliphatic heterocycles. The second kappa shape index (κ2) is 6.67. The molecule has 3 atom stereocenters. The van der Waals surface area contributed by atoms with Gasteiger partial charge in [0.05, 0.1) is 18.3 Å². The van der Waals surface area contributed by atoms with Crippen LogP contribution in [0, 0.1) is 5.41 Å². The van der Waals surface area contributed by atoms with E-state index < -0.39 is 6.10 Å². The number of piperidine rings is 1. The fraction of sp³-hybridized carbons (Fsp3) is 0.667. The number of rotatable bonds is 5. The monoisotopic (exact) mass is 305 g/mol. The molecule has 4 heteroatoms. The van der Waals surface area contributed by atoms with Crippen molar-refractivity contribution in [1.82, 2.24) is 4.90 Å². The van der Waals surface area contributed by atoms with Gasteiger partial charge < -0.3 is 19.8 Å². The minimum absolute atomic E-state index is 0.0375. The highest BCUT2D eigenvalue weighted by Crippen LogP contribution is 2.51. The van der Waals surface area contributed by atoms with Gasteiger partial charge in [0.15, 0.2) is 0 Å². The van der Waals surface area contributed by atoms with Gasteiger partial charge in [-0.1, -0.05) is 30.3 Å². The number of likely N-dealkylation sites (tertiary alicyclic amines) is 1. The molecule has 2 N–H and O–H groups in total. The first kappa shape index (κ1) is 15.9. The Morgan fingerprint density at radius 2 is 1.95 bits per heavy atom. The molecule has 0 radical (unpaired) electrons. The zero-order chi connectivity index (χ0) is 15.6. The minimum atomic E-state index is -0.441. The van der Waals surface area contributed by atoms with Gasteiger partial charge in [-0.2, -0.15) is 0 Å². The summed E-state index contributed by atoms with van der Waals surface area (Å²) in [6, 6.07) is 9.82. The van der Waals surface area contributed by atoms with E-state index in [9.17, 15) is 10.2 Å². The van der Waals surface area contributed by atoms with E-state index in [4.69, 9.17) is 4.74 Å². The van der Waals surface area contributed by atoms with E-state index >= 15 is 0 Å². The van der Waals surface area contributed by atoms with Gasteiger partial charge in [0.1, 0.15) is 0 Å². The first-order chi connectivity index (χ1) is 10.7. The molecule has 2 aliphatic rings. The summed E-state index contributed by atoms with van der Waals surface area (Å²) in [4.78, 5) is 2.30. The Labute approximate surface area is 132 Å². The normalized spacial score (nSPS) is 29.2. The third-order valence-corrected chi connectivity index (χ3v) is 5.51. The van der Waals surface area contributed by atoms with Crippen LogP contribution in [-0.4, -0.2) is 53.6 Å². The minimum Gasteiger partial charge on any atom is -0.392 e. The van der Waals surface area contributed by atoms with Gasteiger partial charge in [-0.25, -0.2) is 0 Å². The van der Waals surface area contributed by atoms with Crippen LogP contribution in [0.5, 0.6) is 0 Å². The lowest BCUT2D eigenvalue weighted by molar-refractivity contribution is -0.210. The van der Waals surface area contributed by atoms with Crippen molar-refractivity contribution in [3.63, 3.8) is 0 Å². The van der Waals surface area contributed by atoms with Crippen molar-refractivity contribution in [3.05, 3.63) is 35.9 Å². The number of aliphatic hydroxyl groups is 2. The average molecular weight is 305 g/mol. The van der Waals surface area contributed by atoms with E-state index in [2.05, 4.69) is 4.90 Å². The quantitative estimate of drug-likeness (QED) is 0.873. The highest BCUT2D eigenvalue weighted by molar-refractivity contribution is 5.17. The largest absolute Gasteiger partial charge is 0.392 e. The van der Waals surface area contributed by atoms with E-state index in [0.29, 0.717) is 6.54 Å². The molecule has 0 amide bonds. The highest BCUT2D eigenvalue weighted by Gasteiger charge is 2.55. The second-order valence-electron chi connectivity index (χ2n) is 6.66. The standard InChI is InChI=1S/C18H27NO3/c1-2-22-17-12-16(21)18(17)8-10-19(11-9-18)13-15(20)14-6-4-3-5-7-14/h3-7,15-17,20-21H,2,8-13H2,1H3/t15-,16-,17-/m1/s1. The Balaban J connectivity index is 1.54. The van der Waals surface area contributed by atoms with E-state index in [1.165, 1.54) is 0 Å². The maximum atomic E-state index is 10.3. The number of ether oxygens (including phenoxy) is 1. The van der Waals surface area contributed by atoms with Crippen molar-refractivity contribution in [2.24, 2.45) is 5.41 Å². The molecule has 1 heterocycles. The van der Waals surface area contributed by atoms with Crippen molar-refractivity contribution < 1.29 is 14.9 Å². The van der Waals surface area contributed by atoms with E-state index in [1.54, 1.807) is 0 Å². The Kier molecular flexibility index (Phi) is 4.83. The molecule has 0 bridgehead atoms. The second-order valence-corrected chi connectivity index (χ2v) is 6.66. The van der Waals surface area contributed by atoms with E-state index in [0.717, 1.165) is 44.5 Å². The first-order valence-electron chi connectivity index (χ1n) is 8.41. The van der Waals surface area contributed by atoms with Gasteiger partial charge in [0.25, 0.3) is 0 Å². The molecule has 0 aromatic heterocycles. The highest BCUT2D eigenvalue weighted by atomic mass is 16.5. The predicted octanol–water partition coefficient (Wildman–Crippen LogP) is 1.97. The Bertz CT molecular complexity index is 468. The zero-order valence-electron chi connectivity index (χ0n) is 13.3. The fourth-order valence-electron chi connectivity index (χ4n) is 3.99. The van der Waals surface area contributed by atoms with Gasteiger partial charge in [0, 0.05) is 25.0 Å². The smallest absolute Gasteiger partial charge is 0.0916 e. The molecule has 4 nitrogen and oxygen atoms in total. The van der Waals surface area contributed by atoms with Crippen molar-refractivity contribution in [2.45, 2.75) is 44.5 Å². The maximum absolute atomic E-state index is 10.3. The van der Waals surface area contributed by atoms with Crippen LogP contribution in [0.4, 0.5) is 0 Å². The Morgan fingerprint density at radius 1 is 1.27 bits per heavy atom. The summed E-state index contributed by atoms with van der Waals surface area (Å²) in [6.45, 7) is 5.24. The molecule has 1 spiro atoms. The molecule has 2 fully saturated rings.